The summed E-state index contributed by atoms with van der Waals surface area (Å²) in [5.41, 5.74) is -2.99. The van der Waals surface area contributed by atoms with Crippen molar-refractivity contribution in [2.45, 2.75) is 24.9 Å². The zero-order valence-electron chi connectivity index (χ0n) is 17.4. The maximum Gasteiger partial charge on any atom is 0.416 e. The number of urea groups is 1. The zero-order chi connectivity index (χ0) is 25.4. The molecule has 34 heavy (non-hydrogen) atoms. The largest absolute Gasteiger partial charge is 0.416 e. The van der Waals surface area contributed by atoms with E-state index < -0.39 is 48.0 Å². The number of alkyl halides is 6. The highest BCUT2D eigenvalue weighted by molar-refractivity contribution is 6.42. The number of piperazine rings is 1. The van der Waals surface area contributed by atoms with Crippen molar-refractivity contribution >= 4 is 35.1 Å². The van der Waals surface area contributed by atoms with Crippen molar-refractivity contribution in [2.75, 3.05) is 20.1 Å². The molecular formula is C21H17Cl2F6N3O2. The van der Waals surface area contributed by atoms with Gasteiger partial charge in [0, 0.05) is 26.7 Å². The molecule has 1 saturated heterocycles. The average Bonchev–Trinajstić information content (AvgIpc) is 2.73. The van der Waals surface area contributed by atoms with Gasteiger partial charge in [0.2, 0.25) is 5.91 Å². The highest BCUT2D eigenvalue weighted by atomic mass is 35.5. The standard InChI is InChI=1S/C21H17Cl2F6N3O2/c1-31(10-11-6-13(20(24,25)26)9-14(7-11)21(27,28)29)19(34)32-5-4-30-18(33)17(32)12-2-3-15(22)16(23)8-12/h2-3,6-9,17H,4-5,10H2,1H3,(H,30,33). The number of hydrogen-bond acceptors (Lipinski definition) is 2. The van der Waals surface area contributed by atoms with Crippen molar-refractivity contribution in [3.05, 3.63) is 68.7 Å². The van der Waals surface area contributed by atoms with E-state index in [1.54, 1.807) is 0 Å². The molecule has 1 heterocycles. The Morgan fingerprint density at radius 1 is 1.03 bits per heavy atom. The minimum atomic E-state index is -5.01. The van der Waals surface area contributed by atoms with Crippen LogP contribution in [0.4, 0.5) is 31.1 Å². The van der Waals surface area contributed by atoms with E-state index in [9.17, 15) is 35.9 Å². The first-order chi connectivity index (χ1) is 15.7. The van der Waals surface area contributed by atoms with Gasteiger partial charge < -0.3 is 15.1 Å². The van der Waals surface area contributed by atoms with Crippen LogP contribution in [-0.4, -0.2) is 41.9 Å². The Labute approximate surface area is 200 Å². The van der Waals surface area contributed by atoms with Gasteiger partial charge in [-0.15, -0.1) is 0 Å². The summed E-state index contributed by atoms with van der Waals surface area (Å²) in [5.74, 6) is -0.523. The summed E-state index contributed by atoms with van der Waals surface area (Å²) in [6, 6.07) is 3.57. The van der Waals surface area contributed by atoms with Crippen LogP contribution >= 0.6 is 23.2 Å². The molecular weight excluding hydrogens is 511 g/mol. The van der Waals surface area contributed by atoms with Crippen LogP contribution in [0.15, 0.2) is 36.4 Å². The second-order valence-corrected chi connectivity index (χ2v) is 8.43. The molecule has 184 valence electrons. The number of amides is 3. The van der Waals surface area contributed by atoms with Gasteiger partial charge in [0.05, 0.1) is 21.2 Å². The number of carbonyl (C=O) groups is 2. The third-order valence-electron chi connectivity index (χ3n) is 5.11. The van der Waals surface area contributed by atoms with Crippen LogP contribution in [-0.2, 0) is 23.7 Å². The summed E-state index contributed by atoms with van der Waals surface area (Å²) in [5, 5.41) is 2.97. The van der Waals surface area contributed by atoms with E-state index in [4.69, 9.17) is 23.2 Å². The van der Waals surface area contributed by atoms with Crippen LogP contribution in [0.2, 0.25) is 10.0 Å². The molecule has 1 fully saturated rings. The van der Waals surface area contributed by atoms with Crippen LogP contribution < -0.4 is 5.32 Å². The van der Waals surface area contributed by atoms with Crippen molar-refractivity contribution < 1.29 is 35.9 Å². The highest BCUT2D eigenvalue weighted by Crippen LogP contribution is 2.37. The molecule has 3 rings (SSSR count). The number of benzene rings is 2. The molecule has 5 nitrogen and oxygen atoms in total. The molecule has 0 aromatic heterocycles. The second kappa shape index (κ2) is 9.53. The zero-order valence-corrected chi connectivity index (χ0v) is 18.9. The monoisotopic (exact) mass is 527 g/mol. The molecule has 1 N–H and O–H groups in total. The Balaban J connectivity index is 1.90. The normalized spacial score (nSPS) is 16.9. The molecule has 2 aromatic rings. The van der Waals surface area contributed by atoms with Gasteiger partial charge in [-0.3, -0.25) is 4.79 Å². The van der Waals surface area contributed by atoms with Gasteiger partial charge in [0.15, 0.2) is 0 Å². The van der Waals surface area contributed by atoms with Gasteiger partial charge >= 0.3 is 18.4 Å². The summed E-state index contributed by atoms with van der Waals surface area (Å²) in [6.45, 7) is -0.397. The summed E-state index contributed by atoms with van der Waals surface area (Å²) in [4.78, 5) is 27.8. The smallest absolute Gasteiger partial charge is 0.352 e. The maximum atomic E-state index is 13.1. The van der Waals surface area contributed by atoms with Crippen LogP contribution in [0.5, 0.6) is 0 Å². The molecule has 0 spiro atoms. The van der Waals surface area contributed by atoms with E-state index in [1.165, 1.54) is 25.2 Å². The van der Waals surface area contributed by atoms with Crippen LogP contribution in [0.3, 0.4) is 0 Å². The van der Waals surface area contributed by atoms with Crippen molar-refractivity contribution in [3.8, 4) is 0 Å². The van der Waals surface area contributed by atoms with Gasteiger partial charge in [-0.25, -0.2) is 4.79 Å². The van der Waals surface area contributed by atoms with E-state index in [-0.39, 0.29) is 34.8 Å². The SMILES string of the molecule is CN(Cc1cc(C(F)(F)F)cc(C(F)(F)F)c1)C(=O)N1CCNC(=O)C1c1ccc(Cl)c(Cl)c1. The van der Waals surface area contributed by atoms with Crippen molar-refractivity contribution in [3.63, 3.8) is 0 Å². The molecule has 1 unspecified atom stereocenters. The molecule has 3 amide bonds. The van der Waals surface area contributed by atoms with Gasteiger partial charge in [0.25, 0.3) is 0 Å². The molecule has 0 radical (unpaired) electrons. The fourth-order valence-electron chi connectivity index (χ4n) is 3.56. The van der Waals surface area contributed by atoms with Crippen molar-refractivity contribution in [1.82, 2.24) is 15.1 Å². The Bertz CT molecular complexity index is 1070. The van der Waals surface area contributed by atoms with E-state index in [0.717, 1.165) is 9.80 Å². The quantitative estimate of drug-likeness (QED) is 0.516. The number of halogens is 8. The molecule has 2 aromatic carbocycles. The first-order valence-electron chi connectivity index (χ1n) is 9.71. The van der Waals surface area contributed by atoms with Gasteiger partial charge in [-0.2, -0.15) is 26.3 Å². The predicted molar refractivity (Wildman–Crippen MR) is 112 cm³/mol. The number of nitrogens with one attached hydrogen (secondary N) is 1. The fourth-order valence-corrected chi connectivity index (χ4v) is 3.86. The molecule has 0 aliphatic carbocycles. The minimum Gasteiger partial charge on any atom is -0.352 e. The first-order valence-corrected chi connectivity index (χ1v) is 10.5. The summed E-state index contributed by atoms with van der Waals surface area (Å²) >= 11 is 11.9. The van der Waals surface area contributed by atoms with Gasteiger partial charge in [0.1, 0.15) is 6.04 Å². The Morgan fingerprint density at radius 2 is 1.62 bits per heavy atom. The van der Waals surface area contributed by atoms with E-state index in [0.29, 0.717) is 17.7 Å². The van der Waals surface area contributed by atoms with Crippen LogP contribution in [0.25, 0.3) is 0 Å². The number of hydrogen-bond donors (Lipinski definition) is 1. The third kappa shape index (κ3) is 5.69. The van der Waals surface area contributed by atoms with E-state index in [2.05, 4.69) is 5.32 Å². The first kappa shape index (κ1) is 26.0. The fraction of sp³-hybridized carbons (Fsp3) is 0.333. The molecule has 1 aliphatic heterocycles. The van der Waals surface area contributed by atoms with Crippen LogP contribution in [0.1, 0.15) is 28.3 Å². The third-order valence-corrected chi connectivity index (χ3v) is 5.85. The number of nitrogens with zero attached hydrogens (tertiary/aromatic N) is 2. The lowest BCUT2D eigenvalue weighted by Gasteiger charge is -2.37. The maximum absolute atomic E-state index is 13.1. The molecule has 1 aliphatic rings. The van der Waals surface area contributed by atoms with Gasteiger partial charge in [-0.05, 0) is 41.5 Å². The Morgan fingerprint density at radius 3 is 2.15 bits per heavy atom. The number of carbonyl (C=O) groups excluding carboxylic acids is 2. The van der Waals surface area contributed by atoms with Crippen LogP contribution in [0, 0.1) is 0 Å². The lowest BCUT2D eigenvalue weighted by molar-refractivity contribution is -0.143. The Hall–Kier alpha value is -2.66. The summed E-state index contributed by atoms with van der Waals surface area (Å²) in [7, 11) is 1.22. The molecule has 1 atom stereocenters. The minimum absolute atomic E-state index is 0.0145. The lowest BCUT2D eigenvalue weighted by atomic mass is 10.0. The summed E-state index contributed by atoms with van der Waals surface area (Å²) in [6.07, 6.45) is -10.0. The van der Waals surface area contributed by atoms with E-state index >= 15 is 0 Å². The molecule has 13 heteroatoms. The second-order valence-electron chi connectivity index (χ2n) is 7.61. The molecule has 0 saturated carbocycles. The topological polar surface area (TPSA) is 52.7 Å². The predicted octanol–water partition coefficient (Wildman–Crippen LogP) is 5.76. The van der Waals surface area contributed by atoms with E-state index in [1.807, 2.05) is 0 Å². The highest BCUT2D eigenvalue weighted by Gasteiger charge is 2.38. The summed E-state index contributed by atoms with van der Waals surface area (Å²) < 4.78 is 78.9. The van der Waals surface area contributed by atoms with Crippen molar-refractivity contribution in [1.29, 1.82) is 0 Å². The lowest BCUT2D eigenvalue weighted by Crippen LogP contribution is -2.54. The Kier molecular flexibility index (Phi) is 7.28. The van der Waals surface area contributed by atoms with Crippen molar-refractivity contribution in [2.24, 2.45) is 0 Å². The average molecular weight is 528 g/mol. The molecule has 0 bridgehead atoms. The number of rotatable bonds is 3. The van der Waals surface area contributed by atoms with Gasteiger partial charge in [-0.1, -0.05) is 29.3 Å².